The van der Waals surface area contributed by atoms with Crippen molar-refractivity contribution in [2.24, 2.45) is 0 Å². The molecule has 0 radical (unpaired) electrons. The Morgan fingerprint density at radius 1 is 1.07 bits per heavy atom. The van der Waals surface area contributed by atoms with Crippen LogP contribution in [-0.2, 0) is 21.7 Å². The average Bonchev–Trinajstić information content (AvgIpc) is 3.10. The van der Waals surface area contributed by atoms with Crippen molar-refractivity contribution in [1.82, 2.24) is 10.6 Å². The summed E-state index contributed by atoms with van der Waals surface area (Å²) < 4.78 is 13.9. The standard InChI is InChI=1S/C20H19FN2O3S/c1-20(26,17-10-14-4-2-3-5-16(14)27-17)12-23-19(25)18(24)22-11-13-6-8-15(21)9-7-13/h2-10,26H,11-12H2,1H3,(H,22,24)(H,23,25)/t20-/m1/s1. The Balaban J connectivity index is 1.55. The van der Waals surface area contributed by atoms with Crippen LogP contribution in [0.4, 0.5) is 4.39 Å². The van der Waals surface area contributed by atoms with E-state index in [1.165, 1.54) is 35.6 Å². The first-order chi connectivity index (χ1) is 12.8. The van der Waals surface area contributed by atoms with Crippen LogP contribution >= 0.6 is 11.3 Å². The van der Waals surface area contributed by atoms with Gasteiger partial charge in [0.2, 0.25) is 0 Å². The molecule has 1 aromatic heterocycles. The minimum Gasteiger partial charge on any atom is -0.383 e. The molecule has 0 unspecified atom stereocenters. The van der Waals surface area contributed by atoms with Gasteiger partial charge in [-0.1, -0.05) is 30.3 Å². The second kappa shape index (κ2) is 7.85. The summed E-state index contributed by atoms with van der Waals surface area (Å²) in [5, 5.41) is 16.6. The van der Waals surface area contributed by atoms with E-state index in [1.807, 2.05) is 30.3 Å². The summed E-state index contributed by atoms with van der Waals surface area (Å²) in [7, 11) is 0. The Bertz CT molecular complexity index is 934. The van der Waals surface area contributed by atoms with E-state index in [4.69, 9.17) is 0 Å². The number of carbonyl (C=O) groups is 2. The van der Waals surface area contributed by atoms with E-state index in [9.17, 15) is 19.1 Å². The zero-order chi connectivity index (χ0) is 19.4. The Morgan fingerprint density at radius 3 is 2.44 bits per heavy atom. The van der Waals surface area contributed by atoms with Crippen molar-refractivity contribution in [3.63, 3.8) is 0 Å². The molecule has 0 fully saturated rings. The number of amides is 2. The first kappa shape index (κ1) is 19.0. The maximum absolute atomic E-state index is 12.9. The predicted molar refractivity (Wildman–Crippen MR) is 103 cm³/mol. The third-order valence-electron chi connectivity index (χ3n) is 4.12. The lowest BCUT2D eigenvalue weighted by Crippen LogP contribution is -2.45. The van der Waals surface area contributed by atoms with Crippen molar-refractivity contribution in [1.29, 1.82) is 0 Å². The van der Waals surface area contributed by atoms with E-state index >= 15 is 0 Å². The van der Waals surface area contributed by atoms with E-state index in [2.05, 4.69) is 10.6 Å². The van der Waals surface area contributed by atoms with Crippen LogP contribution in [0.1, 0.15) is 17.4 Å². The van der Waals surface area contributed by atoms with Gasteiger partial charge in [0.15, 0.2) is 0 Å². The Hall–Kier alpha value is -2.77. The molecule has 7 heteroatoms. The van der Waals surface area contributed by atoms with Crippen molar-refractivity contribution in [3.05, 3.63) is 70.9 Å². The number of nitrogens with one attached hydrogen (secondary N) is 2. The Morgan fingerprint density at radius 2 is 1.74 bits per heavy atom. The molecule has 0 spiro atoms. The van der Waals surface area contributed by atoms with Gasteiger partial charge in [0.1, 0.15) is 11.4 Å². The number of hydrogen-bond acceptors (Lipinski definition) is 4. The van der Waals surface area contributed by atoms with Gasteiger partial charge >= 0.3 is 11.8 Å². The van der Waals surface area contributed by atoms with Gasteiger partial charge < -0.3 is 15.7 Å². The zero-order valence-electron chi connectivity index (χ0n) is 14.7. The lowest BCUT2D eigenvalue weighted by Gasteiger charge is -2.22. The Kier molecular flexibility index (Phi) is 5.53. The summed E-state index contributed by atoms with van der Waals surface area (Å²) in [5.41, 5.74) is -0.619. The van der Waals surface area contributed by atoms with Crippen LogP contribution in [0.5, 0.6) is 0 Å². The fraction of sp³-hybridized carbons (Fsp3) is 0.200. The first-order valence-electron chi connectivity index (χ1n) is 8.37. The number of benzene rings is 2. The van der Waals surface area contributed by atoms with Crippen molar-refractivity contribution in [2.45, 2.75) is 19.1 Å². The van der Waals surface area contributed by atoms with Crippen LogP contribution in [-0.4, -0.2) is 23.5 Å². The number of thiophene rings is 1. The summed E-state index contributed by atoms with van der Waals surface area (Å²) in [4.78, 5) is 24.6. The molecule has 27 heavy (non-hydrogen) atoms. The van der Waals surface area contributed by atoms with Crippen molar-refractivity contribution < 1.29 is 19.1 Å². The first-order valence-corrected chi connectivity index (χ1v) is 9.19. The summed E-state index contributed by atoms with van der Waals surface area (Å²) in [5.74, 6) is -2.02. The van der Waals surface area contributed by atoms with Gasteiger partial charge in [-0.25, -0.2) is 4.39 Å². The van der Waals surface area contributed by atoms with Gasteiger partial charge in [-0.15, -0.1) is 11.3 Å². The average molecular weight is 386 g/mol. The fourth-order valence-corrected chi connectivity index (χ4v) is 3.64. The molecule has 1 heterocycles. The molecule has 0 saturated carbocycles. The maximum Gasteiger partial charge on any atom is 0.309 e. The third kappa shape index (κ3) is 4.69. The zero-order valence-corrected chi connectivity index (χ0v) is 15.5. The normalized spacial score (nSPS) is 13.1. The number of halogens is 1. The van der Waals surface area contributed by atoms with Gasteiger partial charge in [0, 0.05) is 16.1 Å². The van der Waals surface area contributed by atoms with Crippen LogP contribution in [0.25, 0.3) is 10.1 Å². The Labute approximate surface area is 159 Å². The summed E-state index contributed by atoms with van der Waals surface area (Å²) in [6.45, 7) is 1.61. The molecule has 0 aliphatic rings. The summed E-state index contributed by atoms with van der Waals surface area (Å²) in [6, 6.07) is 15.2. The molecule has 5 nitrogen and oxygen atoms in total. The van der Waals surface area contributed by atoms with Crippen molar-refractivity contribution >= 4 is 33.2 Å². The van der Waals surface area contributed by atoms with E-state index < -0.39 is 17.4 Å². The predicted octanol–water partition coefficient (Wildman–Crippen LogP) is 2.68. The molecule has 1 atom stereocenters. The molecule has 0 bridgehead atoms. The SMILES string of the molecule is C[C@@](O)(CNC(=O)C(=O)NCc1ccc(F)cc1)c1cc2ccccc2s1. The highest BCUT2D eigenvalue weighted by Gasteiger charge is 2.27. The number of hydrogen-bond donors (Lipinski definition) is 3. The van der Waals surface area contributed by atoms with E-state index in [0.717, 1.165) is 10.1 Å². The van der Waals surface area contributed by atoms with Crippen LogP contribution in [0.3, 0.4) is 0 Å². The molecule has 3 aromatic rings. The van der Waals surface area contributed by atoms with Crippen molar-refractivity contribution in [2.75, 3.05) is 6.54 Å². The second-order valence-electron chi connectivity index (χ2n) is 6.41. The molecular formula is C20H19FN2O3S. The van der Waals surface area contributed by atoms with E-state index in [0.29, 0.717) is 10.4 Å². The van der Waals surface area contributed by atoms with E-state index in [-0.39, 0.29) is 18.9 Å². The number of fused-ring (bicyclic) bond motifs is 1. The highest BCUT2D eigenvalue weighted by Crippen LogP contribution is 2.32. The smallest absolute Gasteiger partial charge is 0.309 e. The van der Waals surface area contributed by atoms with Gasteiger partial charge in [0.25, 0.3) is 0 Å². The minimum absolute atomic E-state index is 0.0946. The molecule has 3 N–H and O–H groups in total. The molecule has 0 aliphatic carbocycles. The molecule has 3 rings (SSSR count). The molecule has 0 aliphatic heterocycles. The van der Waals surface area contributed by atoms with Crippen LogP contribution < -0.4 is 10.6 Å². The maximum atomic E-state index is 12.9. The summed E-state index contributed by atoms with van der Waals surface area (Å²) >= 11 is 1.44. The van der Waals surface area contributed by atoms with Crippen LogP contribution in [0.15, 0.2) is 54.6 Å². The summed E-state index contributed by atoms with van der Waals surface area (Å²) in [6.07, 6.45) is 0. The lowest BCUT2D eigenvalue weighted by atomic mass is 10.0. The monoisotopic (exact) mass is 386 g/mol. The number of carbonyl (C=O) groups excluding carboxylic acids is 2. The fourth-order valence-electron chi connectivity index (χ4n) is 2.53. The van der Waals surface area contributed by atoms with Gasteiger partial charge in [-0.3, -0.25) is 9.59 Å². The quantitative estimate of drug-likeness (QED) is 0.590. The van der Waals surface area contributed by atoms with Gasteiger partial charge in [0.05, 0.1) is 6.54 Å². The molecule has 0 saturated heterocycles. The highest BCUT2D eigenvalue weighted by atomic mass is 32.1. The highest BCUT2D eigenvalue weighted by molar-refractivity contribution is 7.19. The topological polar surface area (TPSA) is 78.4 Å². The minimum atomic E-state index is -1.30. The molecule has 140 valence electrons. The number of aliphatic hydroxyl groups is 1. The largest absolute Gasteiger partial charge is 0.383 e. The van der Waals surface area contributed by atoms with E-state index in [1.54, 1.807) is 6.92 Å². The lowest BCUT2D eigenvalue weighted by molar-refractivity contribution is -0.139. The second-order valence-corrected chi connectivity index (χ2v) is 7.50. The third-order valence-corrected chi connectivity index (χ3v) is 5.49. The molecule has 2 amide bonds. The van der Waals surface area contributed by atoms with Crippen LogP contribution in [0.2, 0.25) is 0 Å². The molecule has 2 aromatic carbocycles. The van der Waals surface area contributed by atoms with Crippen LogP contribution in [0, 0.1) is 5.82 Å². The molecular weight excluding hydrogens is 367 g/mol. The van der Waals surface area contributed by atoms with Gasteiger partial charge in [-0.2, -0.15) is 0 Å². The number of rotatable bonds is 5. The van der Waals surface area contributed by atoms with Crippen molar-refractivity contribution in [3.8, 4) is 0 Å². The van der Waals surface area contributed by atoms with Gasteiger partial charge in [-0.05, 0) is 42.1 Å².